The van der Waals surface area contributed by atoms with Crippen LogP contribution in [0.4, 0.5) is 0 Å². The van der Waals surface area contributed by atoms with E-state index in [-0.39, 0.29) is 18.6 Å². The van der Waals surface area contributed by atoms with Gasteiger partial charge in [-0.25, -0.2) is 14.5 Å². The van der Waals surface area contributed by atoms with Crippen molar-refractivity contribution in [2.24, 2.45) is 0 Å². The van der Waals surface area contributed by atoms with Crippen LogP contribution in [0.2, 0.25) is 0 Å². The maximum Gasteiger partial charge on any atom is 0.294 e. The largest absolute Gasteiger partial charge is 0.496 e. The number of thiazole rings is 1. The molecule has 1 fully saturated rings. The first kappa shape index (κ1) is 26.4. The number of rotatable bonds is 9. The van der Waals surface area contributed by atoms with Crippen molar-refractivity contribution in [3.63, 3.8) is 0 Å². The summed E-state index contributed by atoms with van der Waals surface area (Å²) in [4.78, 5) is 24.6. The van der Waals surface area contributed by atoms with E-state index >= 15 is 0 Å². The van der Waals surface area contributed by atoms with Gasteiger partial charge in [-0.2, -0.15) is 0 Å². The quantitative estimate of drug-likeness (QED) is 0.214. The molecule has 0 spiro atoms. The Labute approximate surface area is 247 Å². The van der Waals surface area contributed by atoms with Gasteiger partial charge in [0.25, 0.3) is 11.1 Å². The molecule has 214 valence electrons. The zero-order chi connectivity index (χ0) is 28.8. The summed E-state index contributed by atoms with van der Waals surface area (Å²) in [6.07, 6.45) is 1.80. The van der Waals surface area contributed by atoms with Crippen LogP contribution in [0.15, 0.2) is 58.5 Å². The summed E-state index contributed by atoms with van der Waals surface area (Å²) in [5.74, 6) is 1.79. The van der Waals surface area contributed by atoms with Crippen molar-refractivity contribution in [3.05, 3.63) is 65.3 Å². The van der Waals surface area contributed by atoms with Crippen LogP contribution in [0.3, 0.4) is 0 Å². The first-order valence-electron chi connectivity index (χ1n) is 13.0. The van der Waals surface area contributed by atoms with Crippen molar-refractivity contribution in [1.29, 1.82) is 0 Å². The van der Waals surface area contributed by atoms with E-state index in [1.165, 1.54) is 22.7 Å². The molecule has 1 aliphatic rings. The fourth-order valence-electron chi connectivity index (χ4n) is 4.56. The van der Waals surface area contributed by atoms with E-state index in [9.17, 15) is 4.79 Å². The summed E-state index contributed by atoms with van der Waals surface area (Å²) < 4.78 is 29.9. The molecule has 0 unspecified atom stereocenters. The van der Waals surface area contributed by atoms with Crippen molar-refractivity contribution in [2.45, 2.75) is 12.6 Å². The third kappa shape index (κ3) is 4.85. The molecule has 1 aliphatic heterocycles. The van der Waals surface area contributed by atoms with E-state index in [0.29, 0.717) is 57.5 Å². The molecule has 5 heterocycles. The molecule has 42 heavy (non-hydrogen) atoms. The minimum absolute atomic E-state index is 0.0141. The number of furan rings is 1. The normalized spacial score (nSPS) is 13.4. The van der Waals surface area contributed by atoms with Crippen LogP contribution >= 0.6 is 22.7 Å². The second kappa shape index (κ2) is 10.7. The van der Waals surface area contributed by atoms with Gasteiger partial charge in [-0.3, -0.25) is 4.79 Å². The molecule has 0 N–H and O–H groups in total. The Kier molecular flexibility index (Phi) is 6.76. The Morgan fingerprint density at radius 3 is 2.67 bits per heavy atom. The number of benzene rings is 2. The molecule has 11 nitrogen and oxygen atoms in total. The molecular weight excluding hydrogens is 578 g/mol. The summed E-state index contributed by atoms with van der Waals surface area (Å²) in [5.41, 5.74) is 3.63. The summed E-state index contributed by atoms with van der Waals surface area (Å²) in [6, 6.07) is 13.2. The molecule has 6 aromatic rings. The van der Waals surface area contributed by atoms with E-state index < -0.39 is 0 Å². The number of hydrogen-bond acceptors (Lipinski definition) is 11. The molecule has 13 heteroatoms. The van der Waals surface area contributed by atoms with Crippen LogP contribution in [0.25, 0.3) is 38.0 Å². The monoisotopic (exact) mass is 603 g/mol. The third-order valence-electron chi connectivity index (χ3n) is 7.06. The van der Waals surface area contributed by atoms with Crippen molar-refractivity contribution >= 4 is 44.5 Å². The van der Waals surface area contributed by atoms with Crippen LogP contribution < -0.4 is 14.2 Å². The molecule has 7 rings (SSSR count). The zero-order valence-corrected chi connectivity index (χ0v) is 24.5. The molecule has 0 radical (unpaired) electrons. The number of nitrogens with zero attached hydrogens (tertiary/aromatic N) is 5. The van der Waals surface area contributed by atoms with Crippen molar-refractivity contribution < 1.29 is 28.2 Å². The lowest BCUT2D eigenvalue weighted by Gasteiger charge is -2.34. The van der Waals surface area contributed by atoms with Gasteiger partial charge in [-0.1, -0.05) is 12.1 Å². The number of carbonyl (C=O) groups is 1. The highest BCUT2D eigenvalue weighted by Crippen LogP contribution is 2.38. The van der Waals surface area contributed by atoms with Crippen molar-refractivity contribution in [1.82, 2.24) is 24.5 Å². The number of hydrogen-bond donors (Lipinski definition) is 0. The Balaban J connectivity index is 1.08. The summed E-state index contributed by atoms with van der Waals surface area (Å²) in [7, 11) is 4.99. The van der Waals surface area contributed by atoms with E-state index in [4.69, 9.17) is 28.3 Å². The highest BCUT2D eigenvalue weighted by molar-refractivity contribution is 7.18. The number of methoxy groups -OCH3 is 2. The minimum Gasteiger partial charge on any atom is -0.496 e. The van der Waals surface area contributed by atoms with Gasteiger partial charge in [0.1, 0.15) is 34.4 Å². The van der Waals surface area contributed by atoms with Crippen LogP contribution in [0.1, 0.15) is 16.1 Å². The van der Waals surface area contributed by atoms with Gasteiger partial charge in [0.15, 0.2) is 5.76 Å². The summed E-state index contributed by atoms with van der Waals surface area (Å²) in [6.45, 7) is 1.43. The van der Waals surface area contributed by atoms with Gasteiger partial charge >= 0.3 is 0 Å². The van der Waals surface area contributed by atoms with Crippen LogP contribution in [0, 0.1) is 0 Å². The van der Waals surface area contributed by atoms with Gasteiger partial charge in [0, 0.05) is 35.7 Å². The number of fused-ring (bicyclic) bond motifs is 2. The molecule has 1 amide bonds. The predicted molar refractivity (Wildman–Crippen MR) is 158 cm³/mol. The molecule has 0 saturated carbocycles. The zero-order valence-electron chi connectivity index (χ0n) is 22.9. The number of amides is 1. The molecular formula is C29H25N5O6S2. The van der Waals surface area contributed by atoms with E-state index in [2.05, 4.69) is 10.1 Å². The first-order valence-corrected chi connectivity index (χ1v) is 14.7. The molecule has 0 atom stereocenters. The van der Waals surface area contributed by atoms with Gasteiger partial charge in [0.05, 0.1) is 50.8 Å². The molecule has 2 aromatic carbocycles. The fourth-order valence-corrected chi connectivity index (χ4v) is 6.07. The summed E-state index contributed by atoms with van der Waals surface area (Å²) >= 11 is 2.87. The Morgan fingerprint density at radius 1 is 1.12 bits per heavy atom. The molecule has 1 saturated heterocycles. The lowest BCUT2D eigenvalue weighted by molar-refractivity contribution is -0.0467. The number of ether oxygens (including phenoxy) is 4. The fraction of sp³-hybridized carbons (Fsp3) is 0.241. The van der Waals surface area contributed by atoms with Gasteiger partial charge in [0.2, 0.25) is 4.96 Å². The van der Waals surface area contributed by atoms with E-state index in [0.717, 1.165) is 21.7 Å². The summed E-state index contributed by atoms with van der Waals surface area (Å²) in [5, 5.41) is 8.48. The second-order valence-electron chi connectivity index (χ2n) is 9.69. The van der Waals surface area contributed by atoms with Gasteiger partial charge in [-0.05, 0) is 29.5 Å². The SMILES string of the molecule is COc1cc(OCc2csc(-c3ccc(C(=O)N(C)C4COC4)cc3)n2)c2cc(-c3cn4nc(OC)sc4n3)oc2c1. The van der Waals surface area contributed by atoms with Crippen LogP contribution in [-0.4, -0.2) is 70.9 Å². The number of aromatic nitrogens is 4. The van der Waals surface area contributed by atoms with Crippen molar-refractivity contribution in [2.75, 3.05) is 34.5 Å². The topological polar surface area (TPSA) is 113 Å². The van der Waals surface area contributed by atoms with Gasteiger partial charge < -0.3 is 28.3 Å². The van der Waals surface area contributed by atoms with Crippen LogP contribution in [0.5, 0.6) is 16.7 Å². The van der Waals surface area contributed by atoms with Crippen molar-refractivity contribution in [3.8, 4) is 38.7 Å². The molecule has 0 bridgehead atoms. The minimum atomic E-state index is -0.0141. The number of likely N-dealkylation sites (N-methyl/N-ethyl adjacent to an activating group) is 1. The molecule has 4 aromatic heterocycles. The Morgan fingerprint density at radius 2 is 1.95 bits per heavy atom. The number of imidazole rings is 1. The van der Waals surface area contributed by atoms with E-state index in [1.54, 1.807) is 29.8 Å². The number of carbonyl (C=O) groups excluding carboxylic acids is 1. The smallest absolute Gasteiger partial charge is 0.294 e. The lowest BCUT2D eigenvalue weighted by atomic mass is 10.1. The standard InChI is InChI=1S/C29H25N5O6S2/c1-33(19-13-38-14-19)27(35)17-6-4-16(5-7-17)26-30-18(15-41-26)12-39-23-8-20(36-2)9-24-21(23)10-25(40-24)22-11-34-28(31-22)42-29(32-34)37-3/h4-11,15,19H,12-14H2,1-3H3. The predicted octanol–water partition coefficient (Wildman–Crippen LogP) is 5.39. The molecule has 0 aliphatic carbocycles. The van der Waals surface area contributed by atoms with Gasteiger partial charge in [-0.15, -0.1) is 16.4 Å². The maximum atomic E-state index is 12.7. The first-order chi connectivity index (χ1) is 20.5. The Bertz CT molecular complexity index is 1870. The Hall–Kier alpha value is -4.46. The van der Waals surface area contributed by atoms with Crippen LogP contribution in [-0.2, 0) is 11.3 Å². The average molecular weight is 604 g/mol. The second-order valence-corrected chi connectivity index (χ2v) is 11.5. The maximum absolute atomic E-state index is 12.7. The van der Waals surface area contributed by atoms with E-state index in [1.807, 2.05) is 54.9 Å². The highest BCUT2D eigenvalue weighted by atomic mass is 32.1. The average Bonchev–Trinajstić information content (AvgIpc) is 3.77. The lowest BCUT2D eigenvalue weighted by Crippen LogP contribution is -2.49. The highest BCUT2D eigenvalue weighted by Gasteiger charge is 2.27. The third-order valence-corrected chi connectivity index (χ3v) is 8.88.